The number of nitrogens with two attached hydrogens (primary N) is 1. The average Bonchev–Trinajstić information content (AvgIpc) is 3.18. The summed E-state index contributed by atoms with van der Waals surface area (Å²) in [4.78, 5) is 4.15. The van der Waals surface area contributed by atoms with Gasteiger partial charge in [-0.15, -0.1) is 0 Å². The van der Waals surface area contributed by atoms with Crippen LogP contribution >= 0.6 is 23.2 Å². The summed E-state index contributed by atoms with van der Waals surface area (Å²) >= 11 is 12.0. The third-order valence-electron chi connectivity index (χ3n) is 4.95. The van der Waals surface area contributed by atoms with Crippen molar-refractivity contribution in [3.05, 3.63) is 70.0 Å². The molecule has 0 spiro atoms. The van der Waals surface area contributed by atoms with Crippen LogP contribution < -0.4 is 15.2 Å². The first-order chi connectivity index (χ1) is 16.0. The molecule has 0 radical (unpaired) electrons. The van der Waals surface area contributed by atoms with Crippen molar-refractivity contribution in [3.63, 3.8) is 0 Å². The molecule has 2 heterocycles. The molecule has 0 unspecified atom stereocenters. The van der Waals surface area contributed by atoms with Crippen LogP contribution in [0.1, 0.15) is 18.6 Å². The van der Waals surface area contributed by atoms with E-state index in [1.165, 1.54) is 19.4 Å². The third kappa shape index (κ3) is 4.61. The molecule has 2 aromatic heterocycles. The molecule has 0 bridgehead atoms. The summed E-state index contributed by atoms with van der Waals surface area (Å²) in [5.41, 5.74) is 7.91. The van der Waals surface area contributed by atoms with Gasteiger partial charge in [-0.3, -0.25) is 4.72 Å². The molecule has 4 aromatic rings. The van der Waals surface area contributed by atoms with E-state index in [0.717, 1.165) is 6.26 Å². The van der Waals surface area contributed by atoms with Gasteiger partial charge >= 0.3 is 0 Å². The lowest BCUT2D eigenvalue weighted by Crippen LogP contribution is -2.09. The van der Waals surface area contributed by atoms with Crippen LogP contribution in [0.25, 0.3) is 22.1 Å². The Hall–Kier alpha value is -3.08. The summed E-state index contributed by atoms with van der Waals surface area (Å²) in [6.07, 6.45) is 3.01. The molecule has 1 atom stereocenters. The molecule has 0 saturated heterocycles. The fourth-order valence-electron chi connectivity index (χ4n) is 3.43. The maximum atomic E-state index is 14.0. The highest BCUT2D eigenvalue weighted by Crippen LogP contribution is 2.42. The fraction of sp³-hybridized carbons (Fsp3) is 0.136. The van der Waals surface area contributed by atoms with Gasteiger partial charge in [0.25, 0.3) is 0 Å². The number of pyridine rings is 1. The second kappa shape index (κ2) is 8.94. The number of sulfonamides is 1. The predicted octanol–water partition coefficient (Wildman–Crippen LogP) is 6.17. The van der Waals surface area contributed by atoms with Crippen LogP contribution in [0.3, 0.4) is 0 Å². The number of hydrogen-bond acceptors (Lipinski definition) is 6. The highest BCUT2D eigenvalue weighted by Gasteiger charge is 2.25. The zero-order valence-electron chi connectivity index (χ0n) is 17.7. The van der Waals surface area contributed by atoms with Gasteiger partial charge in [0.15, 0.2) is 11.4 Å². The first-order valence-electron chi connectivity index (χ1n) is 9.69. The Morgan fingerprint density at radius 2 is 1.76 bits per heavy atom. The van der Waals surface area contributed by atoms with Crippen molar-refractivity contribution >= 4 is 55.7 Å². The van der Waals surface area contributed by atoms with E-state index in [-0.39, 0.29) is 32.8 Å². The Labute approximate surface area is 203 Å². The summed E-state index contributed by atoms with van der Waals surface area (Å²) in [6.45, 7) is 1.50. The van der Waals surface area contributed by atoms with E-state index >= 15 is 0 Å². The predicted molar refractivity (Wildman–Crippen MR) is 128 cm³/mol. The van der Waals surface area contributed by atoms with Gasteiger partial charge in [-0.25, -0.2) is 22.2 Å². The van der Waals surface area contributed by atoms with Crippen molar-refractivity contribution in [1.82, 2.24) is 4.98 Å². The van der Waals surface area contributed by atoms with Crippen LogP contribution in [-0.4, -0.2) is 19.7 Å². The number of nitrogens with one attached hydrogen (secondary N) is 1. The number of fused-ring (bicyclic) bond motifs is 1. The molecule has 12 heteroatoms. The van der Waals surface area contributed by atoms with Crippen LogP contribution in [0, 0.1) is 11.6 Å². The van der Waals surface area contributed by atoms with Crippen molar-refractivity contribution in [1.29, 1.82) is 0 Å². The molecule has 4 rings (SSSR count). The Morgan fingerprint density at radius 3 is 2.35 bits per heavy atom. The van der Waals surface area contributed by atoms with Crippen LogP contribution in [0.15, 0.2) is 47.2 Å². The molecule has 2 aromatic carbocycles. The molecule has 178 valence electrons. The van der Waals surface area contributed by atoms with E-state index in [1.54, 1.807) is 24.3 Å². The first kappa shape index (κ1) is 24.1. The topological polar surface area (TPSA) is 107 Å². The first-order valence-corrected chi connectivity index (χ1v) is 12.3. The summed E-state index contributed by atoms with van der Waals surface area (Å²) in [7, 11) is -3.41. The zero-order valence-corrected chi connectivity index (χ0v) is 20.0. The minimum Gasteiger partial charge on any atom is -0.478 e. The minimum absolute atomic E-state index is 0.0166. The molecule has 0 aliphatic heterocycles. The van der Waals surface area contributed by atoms with E-state index in [2.05, 4.69) is 9.71 Å². The van der Waals surface area contributed by atoms with Gasteiger partial charge in [0.1, 0.15) is 17.7 Å². The molecule has 3 N–H and O–H groups in total. The molecule has 7 nitrogen and oxygen atoms in total. The Balaban J connectivity index is 1.72. The number of ether oxygens (including phenoxy) is 1. The molecule has 0 aliphatic carbocycles. The molecular formula is C22H17Cl2F2N3O4S. The van der Waals surface area contributed by atoms with E-state index in [9.17, 15) is 17.2 Å². The van der Waals surface area contributed by atoms with Crippen molar-refractivity contribution < 1.29 is 26.4 Å². The molecule has 0 aliphatic rings. The van der Waals surface area contributed by atoms with Crippen LogP contribution in [0.2, 0.25) is 10.0 Å². The summed E-state index contributed by atoms with van der Waals surface area (Å²) in [6, 6.07) is 7.19. The number of rotatable bonds is 6. The second-order valence-corrected chi connectivity index (χ2v) is 9.96. The maximum absolute atomic E-state index is 14.0. The Morgan fingerprint density at radius 1 is 1.15 bits per heavy atom. The monoisotopic (exact) mass is 527 g/mol. The number of nitrogen functional groups attached to an aromatic ring is 1. The lowest BCUT2D eigenvalue weighted by Gasteiger charge is -2.19. The van der Waals surface area contributed by atoms with Gasteiger partial charge in [-0.05, 0) is 24.6 Å². The number of anilines is 2. The van der Waals surface area contributed by atoms with Crippen molar-refractivity contribution in [2.24, 2.45) is 0 Å². The molecule has 0 amide bonds. The molecule has 34 heavy (non-hydrogen) atoms. The number of halogens is 4. The maximum Gasteiger partial charge on any atom is 0.229 e. The van der Waals surface area contributed by atoms with Gasteiger partial charge in [0.2, 0.25) is 15.8 Å². The highest BCUT2D eigenvalue weighted by molar-refractivity contribution is 7.92. The minimum atomic E-state index is -3.41. The summed E-state index contributed by atoms with van der Waals surface area (Å²) in [5.74, 6) is -1.93. The zero-order chi connectivity index (χ0) is 24.8. The van der Waals surface area contributed by atoms with Crippen molar-refractivity contribution in [3.8, 4) is 16.9 Å². The highest BCUT2D eigenvalue weighted by atomic mass is 35.5. The lowest BCUT2D eigenvalue weighted by atomic mass is 10.1. The number of nitrogens with zero attached hydrogens (tertiary/aromatic N) is 1. The number of benzene rings is 2. The third-order valence-corrected chi connectivity index (χ3v) is 6.32. The van der Waals surface area contributed by atoms with Crippen molar-refractivity contribution in [2.45, 2.75) is 13.0 Å². The smallest absolute Gasteiger partial charge is 0.229 e. The van der Waals surface area contributed by atoms with Gasteiger partial charge in [0, 0.05) is 29.1 Å². The second-order valence-electron chi connectivity index (χ2n) is 7.46. The van der Waals surface area contributed by atoms with Crippen LogP contribution in [-0.2, 0) is 10.0 Å². The number of furan rings is 1. The Kier molecular flexibility index (Phi) is 6.32. The number of hydrogen-bond donors (Lipinski definition) is 2. The largest absolute Gasteiger partial charge is 0.478 e. The van der Waals surface area contributed by atoms with Crippen LogP contribution in [0.4, 0.5) is 20.3 Å². The number of aromatic nitrogens is 1. The summed E-state index contributed by atoms with van der Waals surface area (Å²) < 4.78 is 64.8. The van der Waals surface area contributed by atoms with Gasteiger partial charge in [0.05, 0.1) is 28.0 Å². The van der Waals surface area contributed by atoms with Crippen molar-refractivity contribution in [2.75, 3.05) is 16.7 Å². The van der Waals surface area contributed by atoms with Gasteiger partial charge in [-0.1, -0.05) is 35.3 Å². The van der Waals surface area contributed by atoms with Crippen LogP contribution in [0.5, 0.6) is 5.75 Å². The van der Waals surface area contributed by atoms with Gasteiger partial charge < -0.3 is 14.9 Å². The molecular weight excluding hydrogens is 511 g/mol. The van der Waals surface area contributed by atoms with E-state index < -0.39 is 27.8 Å². The standard InChI is InChI=1S/C22H17Cl2F2N3O4S/c1-10(17-18(23)15(25)7-16(26)19(17)24)33-21-20-13(8-28-22(21)27)14(9-32-20)11-3-5-12(6-4-11)29-34(2,30)31/h3-10,29H,1-2H3,(H2,27,28)/t10-/m1/s1. The summed E-state index contributed by atoms with van der Waals surface area (Å²) in [5, 5.41) is -0.205. The molecule has 0 fully saturated rings. The fourth-order valence-corrected chi connectivity index (χ4v) is 4.65. The van der Waals surface area contributed by atoms with Gasteiger partial charge in [-0.2, -0.15) is 0 Å². The van der Waals surface area contributed by atoms with E-state index in [4.69, 9.17) is 38.1 Å². The average molecular weight is 528 g/mol. The Bertz CT molecular complexity index is 1480. The van der Waals surface area contributed by atoms with E-state index in [1.807, 2.05) is 0 Å². The molecule has 0 saturated carbocycles. The SMILES string of the molecule is C[C@@H](Oc1c(N)ncc2c(-c3ccc(NS(C)(=O)=O)cc3)coc12)c1c(Cl)c(F)cc(F)c1Cl. The normalized spacial score (nSPS) is 12.6. The quantitative estimate of drug-likeness (QED) is 0.290. The lowest BCUT2D eigenvalue weighted by molar-refractivity contribution is 0.227. The van der Waals surface area contributed by atoms with E-state index in [0.29, 0.717) is 28.3 Å².